The van der Waals surface area contributed by atoms with Crippen molar-refractivity contribution in [3.05, 3.63) is 59.8 Å². The van der Waals surface area contributed by atoms with Gasteiger partial charge in [-0.2, -0.15) is 0 Å². The van der Waals surface area contributed by atoms with Gasteiger partial charge in [0.1, 0.15) is 23.0 Å². The van der Waals surface area contributed by atoms with Crippen molar-refractivity contribution in [2.24, 2.45) is 0 Å². The number of pyridine rings is 2. The maximum atomic E-state index is 14.2. The molecule has 0 saturated carbocycles. The second kappa shape index (κ2) is 5.70. The van der Waals surface area contributed by atoms with Gasteiger partial charge in [0.2, 0.25) is 0 Å². The van der Waals surface area contributed by atoms with Crippen molar-refractivity contribution in [1.82, 2.24) is 9.97 Å². The van der Waals surface area contributed by atoms with Crippen molar-refractivity contribution < 1.29 is 8.78 Å². The van der Waals surface area contributed by atoms with Crippen molar-refractivity contribution in [2.45, 2.75) is 18.9 Å². The molecular formula is C18H16F2N4. The average Bonchev–Trinajstić information content (AvgIpc) is 3.06. The Hall–Kier alpha value is -2.76. The molecule has 3 aromatic rings. The quantitative estimate of drug-likeness (QED) is 0.777. The van der Waals surface area contributed by atoms with Gasteiger partial charge in [0.25, 0.3) is 0 Å². The zero-order valence-corrected chi connectivity index (χ0v) is 12.9. The lowest BCUT2D eigenvalue weighted by Crippen LogP contribution is -2.24. The van der Waals surface area contributed by atoms with Crippen molar-refractivity contribution in [2.75, 3.05) is 17.2 Å². The molecule has 0 bridgehead atoms. The SMILES string of the molecule is Nc1ccnc2ccc(N3CCCC3c3cc(F)ccc3F)nc12. The minimum Gasteiger partial charge on any atom is -0.397 e. The molecule has 24 heavy (non-hydrogen) atoms. The third-order valence-corrected chi connectivity index (χ3v) is 4.46. The standard InChI is InChI=1S/C18H16F2N4/c19-11-3-4-13(20)12(10-11)16-2-1-9-24(16)17-6-5-15-18(23-17)14(21)7-8-22-15/h3-8,10,16H,1-2,9H2,(H2,21,22). The van der Waals surface area contributed by atoms with E-state index in [1.807, 2.05) is 17.0 Å². The van der Waals surface area contributed by atoms with Gasteiger partial charge in [-0.05, 0) is 49.2 Å². The number of hydrogen-bond acceptors (Lipinski definition) is 4. The zero-order chi connectivity index (χ0) is 16.7. The summed E-state index contributed by atoms with van der Waals surface area (Å²) in [6.07, 6.45) is 3.28. The monoisotopic (exact) mass is 326 g/mol. The topological polar surface area (TPSA) is 55.0 Å². The van der Waals surface area contributed by atoms with Gasteiger partial charge >= 0.3 is 0 Å². The highest BCUT2D eigenvalue weighted by atomic mass is 19.1. The minimum absolute atomic E-state index is 0.233. The van der Waals surface area contributed by atoms with Gasteiger partial charge in [-0.25, -0.2) is 13.8 Å². The summed E-state index contributed by atoms with van der Waals surface area (Å²) < 4.78 is 27.7. The number of anilines is 2. The fourth-order valence-corrected chi connectivity index (χ4v) is 3.33. The Kier molecular flexibility index (Phi) is 3.52. The Labute approximate surface area is 137 Å². The van der Waals surface area contributed by atoms with Crippen LogP contribution >= 0.6 is 0 Å². The van der Waals surface area contributed by atoms with Crippen LogP contribution in [0.25, 0.3) is 11.0 Å². The second-order valence-electron chi connectivity index (χ2n) is 5.95. The molecule has 1 saturated heterocycles. The lowest BCUT2D eigenvalue weighted by atomic mass is 10.0. The molecule has 2 N–H and O–H groups in total. The van der Waals surface area contributed by atoms with Gasteiger partial charge in [0, 0.05) is 18.3 Å². The first-order chi connectivity index (χ1) is 11.6. The van der Waals surface area contributed by atoms with Gasteiger partial charge in [0.15, 0.2) is 0 Å². The molecule has 0 aliphatic carbocycles. The first-order valence-electron chi connectivity index (χ1n) is 7.86. The van der Waals surface area contributed by atoms with Crippen molar-refractivity contribution in [1.29, 1.82) is 0 Å². The van der Waals surface area contributed by atoms with Crippen LogP contribution in [0, 0.1) is 11.6 Å². The van der Waals surface area contributed by atoms with Crippen molar-refractivity contribution >= 4 is 22.5 Å². The van der Waals surface area contributed by atoms with Crippen molar-refractivity contribution in [3.63, 3.8) is 0 Å². The van der Waals surface area contributed by atoms with Crippen LogP contribution in [-0.2, 0) is 0 Å². The number of rotatable bonds is 2. The minimum atomic E-state index is -0.432. The summed E-state index contributed by atoms with van der Waals surface area (Å²) in [6, 6.07) is 8.76. The summed E-state index contributed by atoms with van der Waals surface area (Å²) >= 11 is 0. The van der Waals surface area contributed by atoms with Gasteiger partial charge in [-0.1, -0.05) is 0 Å². The summed E-state index contributed by atoms with van der Waals surface area (Å²) in [7, 11) is 0. The lowest BCUT2D eigenvalue weighted by molar-refractivity contribution is 0.560. The summed E-state index contributed by atoms with van der Waals surface area (Å²) in [5, 5.41) is 0. The number of nitrogens with two attached hydrogens (primary N) is 1. The third-order valence-electron chi connectivity index (χ3n) is 4.46. The van der Waals surface area contributed by atoms with Crippen LogP contribution in [0.4, 0.5) is 20.3 Å². The molecule has 4 rings (SSSR count). The van der Waals surface area contributed by atoms with E-state index in [1.165, 1.54) is 12.1 Å². The molecule has 122 valence electrons. The van der Waals surface area contributed by atoms with Crippen molar-refractivity contribution in [3.8, 4) is 0 Å². The van der Waals surface area contributed by atoms with Gasteiger partial charge in [-0.15, -0.1) is 0 Å². The molecule has 0 radical (unpaired) electrons. The molecule has 1 fully saturated rings. The molecule has 3 heterocycles. The van der Waals surface area contributed by atoms with E-state index in [2.05, 4.69) is 9.97 Å². The van der Waals surface area contributed by atoms with E-state index in [-0.39, 0.29) is 6.04 Å². The number of aromatic nitrogens is 2. The largest absolute Gasteiger partial charge is 0.397 e. The number of halogens is 2. The summed E-state index contributed by atoms with van der Waals surface area (Å²) in [6.45, 7) is 0.735. The molecule has 0 amide bonds. The lowest BCUT2D eigenvalue weighted by Gasteiger charge is -2.26. The summed E-state index contributed by atoms with van der Waals surface area (Å²) in [4.78, 5) is 10.9. The number of nitrogens with zero attached hydrogens (tertiary/aromatic N) is 3. The molecular weight excluding hydrogens is 310 g/mol. The predicted octanol–water partition coefficient (Wildman–Crippen LogP) is 3.83. The molecule has 1 atom stereocenters. The van der Waals surface area contributed by atoms with Crippen LogP contribution in [0.1, 0.15) is 24.4 Å². The van der Waals surface area contributed by atoms with Crippen LogP contribution < -0.4 is 10.6 Å². The van der Waals surface area contributed by atoms with Gasteiger partial charge in [0.05, 0.1) is 17.2 Å². The molecule has 1 aromatic carbocycles. The Morgan fingerprint density at radius 2 is 2.00 bits per heavy atom. The zero-order valence-electron chi connectivity index (χ0n) is 12.9. The number of nitrogen functional groups attached to an aromatic ring is 1. The van der Waals surface area contributed by atoms with E-state index in [9.17, 15) is 8.78 Å². The normalized spacial score (nSPS) is 17.6. The number of benzene rings is 1. The predicted molar refractivity (Wildman–Crippen MR) is 89.6 cm³/mol. The van der Waals surface area contributed by atoms with E-state index in [0.717, 1.165) is 25.5 Å². The number of hydrogen-bond donors (Lipinski definition) is 1. The molecule has 1 unspecified atom stereocenters. The maximum absolute atomic E-state index is 14.2. The fraction of sp³-hybridized carbons (Fsp3) is 0.222. The Balaban J connectivity index is 1.78. The smallest absolute Gasteiger partial charge is 0.129 e. The highest BCUT2D eigenvalue weighted by Crippen LogP contribution is 2.37. The third kappa shape index (κ3) is 2.44. The van der Waals surface area contributed by atoms with E-state index in [1.54, 1.807) is 12.3 Å². The maximum Gasteiger partial charge on any atom is 0.129 e. The molecule has 2 aromatic heterocycles. The second-order valence-corrected chi connectivity index (χ2v) is 5.95. The Morgan fingerprint density at radius 1 is 1.12 bits per heavy atom. The molecule has 6 heteroatoms. The Bertz CT molecular complexity index is 913. The molecule has 0 spiro atoms. The van der Waals surface area contributed by atoms with Crippen LogP contribution in [0.2, 0.25) is 0 Å². The highest BCUT2D eigenvalue weighted by molar-refractivity contribution is 5.87. The first kappa shape index (κ1) is 14.8. The van der Waals surface area contributed by atoms with Gasteiger partial charge in [-0.3, -0.25) is 4.98 Å². The van der Waals surface area contributed by atoms with E-state index < -0.39 is 11.6 Å². The van der Waals surface area contributed by atoms with E-state index >= 15 is 0 Å². The fourth-order valence-electron chi connectivity index (χ4n) is 3.33. The van der Waals surface area contributed by atoms with E-state index in [0.29, 0.717) is 28.1 Å². The summed E-state index contributed by atoms with van der Waals surface area (Å²) in [5.74, 6) is -0.123. The first-order valence-corrected chi connectivity index (χ1v) is 7.86. The van der Waals surface area contributed by atoms with Crippen LogP contribution in [0.15, 0.2) is 42.6 Å². The Morgan fingerprint density at radius 3 is 2.88 bits per heavy atom. The van der Waals surface area contributed by atoms with E-state index in [4.69, 9.17) is 5.73 Å². The average molecular weight is 326 g/mol. The highest BCUT2D eigenvalue weighted by Gasteiger charge is 2.29. The van der Waals surface area contributed by atoms with Crippen LogP contribution in [0.3, 0.4) is 0 Å². The molecule has 1 aliphatic rings. The summed E-state index contributed by atoms with van der Waals surface area (Å²) in [5.41, 5.74) is 8.24. The molecule has 1 aliphatic heterocycles. The number of fused-ring (bicyclic) bond motifs is 1. The molecule has 4 nitrogen and oxygen atoms in total. The van der Waals surface area contributed by atoms with Crippen LogP contribution in [0.5, 0.6) is 0 Å². The van der Waals surface area contributed by atoms with Gasteiger partial charge < -0.3 is 10.6 Å². The van der Waals surface area contributed by atoms with Crippen LogP contribution in [-0.4, -0.2) is 16.5 Å².